The van der Waals surface area contributed by atoms with Crippen molar-refractivity contribution in [3.63, 3.8) is 0 Å². The number of para-hydroxylation sites is 1. The number of aromatic nitrogens is 1. The van der Waals surface area contributed by atoms with Crippen LogP contribution in [0.4, 0.5) is 5.69 Å². The van der Waals surface area contributed by atoms with Crippen LogP contribution in [0.2, 0.25) is 5.02 Å². The average molecular weight is 275 g/mol. The fourth-order valence-corrected chi connectivity index (χ4v) is 2.05. The summed E-state index contributed by atoms with van der Waals surface area (Å²) < 4.78 is 11.0. The summed E-state index contributed by atoms with van der Waals surface area (Å²) in [5, 5.41) is 0.478. The number of halogens is 1. The molecule has 0 aliphatic carbocycles. The maximum atomic E-state index is 6.00. The molecule has 2 N–H and O–H groups in total. The zero-order valence-corrected chi connectivity index (χ0v) is 10.9. The third-order valence-corrected chi connectivity index (χ3v) is 3.18. The molecule has 0 unspecified atom stereocenters. The first-order valence-electron chi connectivity index (χ1n) is 5.68. The van der Waals surface area contributed by atoms with Gasteiger partial charge in [-0.25, -0.2) is 4.98 Å². The Balaban J connectivity index is 2.17. The van der Waals surface area contributed by atoms with Crippen molar-refractivity contribution in [2.75, 3.05) is 12.8 Å². The van der Waals surface area contributed by atoms with Gasteiger partial charge in [-0.15, -0.1) is 0 Å². The minimum Gasteiger partial charge on any atom is -0.494 e. The molecule has 0 aliphatic heterocycles. The Morgan fingerprint density at radius 3 is 2.84 bits per heavy atom. The van der Waals surface area contributed by atoms with E-state index in [1.807, 2.05) is 24.3 Å². The van der Waals surface area contributed by atoms with Crippen molar-refractivity contribution in [3.8, 4) is 17.2 Å². The number of hydrogen-bond donors (Lipinski definition) is 1. The van der Waals surface area contributed by atoms with Crippen LogP contribution in [0.5, 0.6) is 5.75 Å². The summed E-state index contributed by atoms with van der Waals surface area (Å²) >= 11 is 6.00. The summed E-state index contributed by atoms with van der Waals surface area (Å²) in [4.78, 5) is 4.43. The van der Waals surface area contributed by atoms with Crippen LogP contribution in [0.1, 0.15) is 0 Å². The number of nitrogens with two attached hydrogens (primary N) is 1. The third kappa shape index (κ3) is 2.00. The smallest absolute Gasteiger partial charge is 0.227 e. The molecule has 0 fully saturated rings. The lowest BCUT2D eigenvalue weighted by molar-refractivity contribution is 0.419. The number of anilines is 1. The van der Waals surface area contributed by atoms with Crippen molar-refractivity contribution >= 4 is 28.4 Å². The minimum atomic E-state index is 0.478. The Morgan fingerprint density at radius 2 is 2.11 bits per heavy atom. The van der Waals surface area contributed by atoms with E-state index in [0.717, 1.165) is 5.56 Å². The van der Waals surface area contributed by atoms with Crippen LogP contribution in [-0.4, -0.2) is 12.1 Å². The number of nitrogens with zero attached hydrogens (tertiary/aromatic N) is 1. The molecule has 96 valence electrons. The largest absolute Gasteiger partial charge is 0.494 e. The molecule has 0 bridgehead atoms. The summed E-state index contributed by atoms with van der Waals surface area (Å²) in [6, 6.07) is 10.8. The van der Waals surface area contributed by atoms with Crippen LogP contribution >= 0.6 is 11.6 Å². The minimum absolute atomic E-state index is 0.478. The molecule has 0 radical (unpaired) electrons. The van der Waals surface area contributed by atoms with Gasteiger partial charge in [0.15, 0.2) is 11.1 Å². The molecule has 2 aromatic carbocycles. The highest BCUT2D eigenvalue weighted by atomic mass is 35.5. The summed E-state index contributed by atoms with van der Waals surface area (Å²) in [5.41, 5.74) is 8.34. The lowest BCUT2D eigenvalue weighted by Crippen LogP contribution is -1.86. The number of nitrogen functional groups attached to an aromatic ring is 1. The van der Waals surface area contributed by atoms with Gasteiger partial charge in [0.25, 0.3) is 0 Å². The second-order valence-corrected chi connectivity index (χ2v) is 4.47. The van der Waals surface area contributed by atoms with Crippen molar-refractivity contribution in [3.05, 3.63) is 41.4 Å². The van der Waals surface area contributed by atoms with Crippen molar-refractivity contribution in [2.45, 2.75) is 0 Å². The monoisotopic (exact) mass is 274 g/mol. The van der Waals surface area contributed by atoms with Crippen LogP contribution < -0.4 is 10.5 Å². The Labute approximate surface area is 114 Å². The van der Waals surface area contributed by atoms with E-state index >= 15 is 0 Å². The SMILES string of the molecule is COc1cccc2oc(-c3ccc(N)c(Cl)c3)nc12. The van der Waals surface area contributed by atoms with Crippen LogP contribution in [0, 0.1) is 0 Å². The van der Waals surface area contributed by atoms with E-state index in [2.05, 4.69) is 4.98 Å². The number of benzene rings is 2. The third-order valence-electron chi connectivity index (χ3n) is 2.85. The van der Waals surface area contributed by atoms with Gasteiger partial charge in [0.05, 0.1) is 17.8 Å². The first-order chi connectivity index (χ1) is 9.19. The van der Waals surface area contributed by atoms with Gasteiger partial charge in [0.2, 0.25) is 5.89 Å². The van der Waals surface area contributed by atoms with Crippen molar-refractivity contribution in [1.29, 1.82) is 0 Å². The molecule has 5 heteroatoms. The molecular formula is C14H11ClN2O2. The molecule has 0 aliphatic rings. The fourth-order valence-electron chi connectivity index (χ4n) is 1.87. The molecule has 0 atom stereocenters. The number of rotatable bonds is 2. The van der Waals surface area contributed by atoms with Gasteiger partial charge in [0.1, 0.15) is 5.75 Å². The van der Waals surface area contributed by atoms with E-state index in [9.17, 15) is 0 Å². The number of methoxy groups -OCH3 is 1. The number of fused-ring (bicyclic) bond motifs is 1. The Hall–Kier alpha value is -2.20. The van der Waals surface area contributed by atoms with E-state index in [1.54, 1.807) is 19.2 Å². The Bertz CT molecular complexity index is 752. The highest BCUT2D eigenvalue weighted by Gasteiger charge is 2.12. The molecule has 0 saturated carbocycles. The van der Waals surface area contributed by atoms with Crippen molar-refractivity contribution in [1.82, 2.24) is 4.98 Å². The van der Waals surface area contributed by atoms with E-state index in [0.29, 0.717) is 33.4 Å². The summed E-state index contributed by atoms with van der Waals surface area (Å²) in [5.74, 6) is 1.16. The highest BCUT2D eigenvalue weighted by Crippen LogP contribution is 2.32. The quantitative estimate of drug-likeness (QED) is 0.723. The van der Waals surface area contributed by atoms with Gasteiger partial charge < -0.3 is 14.9 Å². The van der Waals surface area contributed by atoms with Gasteiger partial charge in [0, 0.05) is 5.56 Å². The highest BCUT2D eigenvalue weighted by molar-refractivity contribution is 6.33. The zero-order valence-electron chi connectivity index (χ0n) is 10.2. The van der Waals surface area contributed by atoms with Gasteiger partial charge in [-0.2, -0.15) is 0 Å². The lowest BCUT2D eigenvalue weighted by atomic mass is 10.2. The maximum Gasteiger partial charge on any atom is 0.227 e. The fraction of sp³-hybridized carbons (Fsp3) is 0.0714. The lowest BCUT2D eigenvalue weighted by Gasteiger charge is -1.99. The van der Waals surface area contributed by atoms with Crippen LogP contribution in [0.25, 0.3) is 22.6 Å². The second-order valence-electron chi connectivity index (χ2n) is 4.06. The predicted octanol–water partition coefficient (Wildman–Crippen LogP) is 3.74. The molecule has 0 amide bonds. The molecule has 0 saturated heterocycles. The molecule has 1 aromatic heterocycles. The van der Waals surface area contributed by atoms with Gasteiger partial charge in [-0.3, -0.25) is 0 Å². The molecule has 3 rings (SSSR count). The summed E-state index contributed by atoms with van der Waals surface area (Å²) in [6.07, 6.45) is 0. The average Bonchev–Trinajstić information content (AvgIpc) is 2.85. The standard InChI is InChI=1S/C14H11ClN2O2/c1-18-11-3-2-4-12-13(11)17-14(19-12)8-5-6-10(16)9(15)7-8/h2-7H,16H2,1H3. The first kappa shape index (κ1) is 11.9. The Morgan fingerprint density at radius 1 is 1.26 bits per heavy atom. The molecular weight excluding hydrogens is 264 g/mol. The molecule has 19 heavy (non-hydrogen) atoms. The van der Waals surface area contributed by atoms with E-state index < -0.39 is 0 Å². The van der Waals surface area contributed by atoms with Gasteiger partial charge >= 0.3 is 0 Å². The number of oxazole rings is 1. The van der Waals surface area contributed by atoms with E-state index in [1.165, 1.54) is 0 Å². The topological polar surface area (TPSA) is 61.3 Å². The second kappa shape index (κ2) is 4.48. The molecule has 4 nitrogen and oxygen atoms in total. The molecule has 0 spiro atoms. The van der Waals surface area contributed by atoms with Gasteiger partial charge in [-0.05, 0) is 30.3 Å². The molecule has 3 aromatic rings. The van der Waals surface area contributed by atoms with Crippen molar-refractivity contribution in [2.24, 2.45) is 0 Å². The zero-order chi connectivity index (χ0) is 13.4. The normalized spacial score (nSPS) is 10.8. The summed E-state index contributed by atoms with van der Waals surface area (Å²) in [7, 11) is 1.60. The number of hydrogen-bond acceptors (Lipinski definition) is 4. The van der Waals surface area contributed by atoms with Crippen LogP contribution in [0.15, 0.2) is 40.8 Å². The maximum absolute atomic E-state index is 6.00. The summed E-state index contributed by atoms with van der Waals surface area (Å²) in [6.45, 7) is 0. The van der Waals surface area contributed by atoms with E-state index in [-0.39, 0.29) is 0 Å². The number of ether oxygens (including phenoxy) is 1. The Kier molecular flexibility index (Phi) is 2.80. The molecule has 1 heterocycles. The van der Waals surface area contributed by atoms with E-state index in [4.69, 9.17) is 26.5 Å². The first-order valence-corrected chi connectivity index (χ1v) is 6.06. The predicted molar refractivity (Wildman–Crippen MR) is 75.4 cm³/mol. The van der Waals surface area contributed by atoms with Crippen molar-refractivity contribution < 1.29 is 9.15 Å². The van der Waals surface area contributed by atoms with Crippen LogP contribution in [-0.2, 0) is 0 Å². The van der Waals surface area contributed by atoms with Crippen LogP contribution in [0.3, 0.4) is 0 Å². The van der Waals surface area contributed by atoms with Gasteiger partial charge in [-0.1, -0.05) is 17.7 Å².